The van der Waals surface area contributed by atoms with Gasteiger partial charge in [0, 0.05) is 29.4 Å². The summed E-state index contributed by atoms with van der Waals surface area (Å²) in [7, 11) is -3.65. The second-order valence-electron chi connectivity index (χ2n) is 6.76. The van der Waals surface area contributed by atoms with E-state index in [1.807, 2.05) is 0 Å². The van der Waals surface area contributed by atoms with E-state index in [-0.39, 0.29) is 21.8 Å². The van der Waals surface area contributed by atoms with Crippen LogP contribution in [-0.4, -0.2) is 60.9 Å². The fourth-order valence-electron chi connectivity index (χ4n) is 2.97. The van der Waals surface area contributed by atoms with Crippen LogP contribution >= 0.6 is 23.4 Å². The Bertz CT molecular complexity index is 1190. The average Bonchev–Trinajstić information content (AvgIpc) is 3.28. The van der Waals surface area contributed by atoms with Crippen molar-refractivity contribution >= 4 is 45.0 Å². The molecule has 0 aliphatic carbocycles. The van der Waals surface area contributed by atoms with Crippen molar-refractivity contribution in [2.24, 2.45) is 0 Å². The molecule has 1 saturated heterocycles. The number of carbonyl (C=O) groups excluding carboxylic acids is 1. The first-order valence-electron chi connectivity index (χ1n) is 9.62. The molecule has 168 valence electrons. The molecule has 1 fully saturated rings. The van der Waals surface area contributed by atoms with E-state index in [1.165, 1.54) is 16.4 Å². The maximum Gasteiger partial charge on any atom is 0.277 e. The summed E-state index contributed by atoms with van der Waals surface area (Å²) in [5.74, 6) is 0.00986. The zero-order valence-electron chi connectivity index (χ0n) is 16.7. The van der Waals surface area contributed by atoms with Crippen LogP contribution in [0.25, 0.3) is 11.5 Å². The minimum absolute atomic E-state index is 0.0166. The quantitative estimate of drug-likeness (QED) is 0.498. The molecular formula is C20H19ClN4O5S2. The highest BCUT2D eigenvalue weighted by Gasteiger charge is 2.26. The number of nitrogens with one attached hydrogen (secondary N) is 1. The SMILES string of the molecule is O=C(CSc1nnc(-c2ccc(Cl)cc2)o1)Nc1cccc(S(=O)(=O)N2CCOCC2)c1. The molecule has 1 aliphatic heterocycles. The van der Waals surface area contributed by atoms with Crippen molar-refractivity contribution in [3.63, 3.8) is 0 Å². The second kappa shape index (κ2) is 10.0. The molecule has 9 nitrogen and oxygen atoms in total. The van der Waals surface area contributed by atoms with Gasteiger partial charge in [-0.25, -0.2) is 8.42 Å². The molecule has 0 radical (unpaired) electrons. The summed E-state index contributed by atoms with van der Waals surface area (Å²) in [4.78, 5) is 12.5. The van der Waals surface area contributed by atoms with Crippen molar-refractivity contribution in [3.05, 3.63) is 53.6 Å². The Morgan fingerprint density at radius 2 is 1.88 bits per heavy atom. The third-order valence-electron chi connectivity index (χ3n) is 4.55. The third kappa shape index (κ3) is 5.48. The topological polar surface area (TPSA) is 115 Å². The van der Waals surface area contributed by atoms with Crippen LogP contribution in [-0.2, 0) is 19.6 Å². The number of benzene rings is 2. The predicted molar refractivity (Wildman–Crippen MR) is 120 cm³/mol. The predicted octanol–water partition coefficient (Wildman–Crippen LogP) is 3.14. The van der Waals surface area contributed by atoms with Gasteiger partial charge in [-0.3, -0.25) is 4.79 Å². The Hall–Kier alpha value is -2.44. The molecule has 1 aromatic heterocycles. The lowest BCUT2D eigenvalue weighted by Crippen LogP contribution is -2.40. The van der Waals surface area contributed by atoms with Crippen LogP contribution in [0.3, 0.4) is 0 Å². The summed E-state index contributed by atoms with van der Waals surface area (Å²) in [6.45, 7) is 1.33. The molecular weight excluding hydrogens is 476 g/mol. The molecule has 4 rings (SSSR count). The number of ether oxygens (including phenoxy) is 1. The highest BCUT2D eigenvalue weighted by Crippen LogP contribution is 2.25. The number of nitrogens with zero attached hydrogens (tertiary/aromatic N) is 3. The monoisotopic (exact) mass is 494 g/mol. The van der Waals surface area contributed by atoms with E-state index < -0.39 is 10.0 Å². The van der Waals surface area contributed by atoms with Crippen molar-refractivity contribution in [1.82, 2.24) is 14.5 Å². The van der Waals surface area contributed by atoms with Crippen molar-refractivity contribution in [1.29, 1.82) is 0 Å². The normalized spacial score (nSPS) is 14.9. The van der Waals surface area contributed by atoms with Crippen molar-refractivity contribution < 1.29 is 22.4 Å². The molecule has 1 aliphatic rings. The zero-order valence-corrected chi connectivity index (χ0v) is 19.1. The first kappa shape index (κ1) is 22.7. The Morgan fingerprint density at radius 1 is 1.12 bits per heavy atom. The number of amides is 1. The van der Waals surface area contributed by atoms with Crippen molar-refractivity contribution in [2.75, 3.05) is 37.4 Å². The summed E-state index contributed by atoms with van der Waals surface area (Å²) in [6, 6.07) is 13.1. The van der Waals surface area contributed by atoms with Gasteiger partial charge in [-0.1, -0.05) is 29.4 Å². The molecule has 2 heterocycles. The molecule has 3 aromatic rings. The lowest BCUT2D eigenvalue weighted by molar-refractivity contribution is -0.113. The zero-order chi connectivity index (χ0) is 22.6. The van der Waals surface area contributed by atoms with E-state index in [4.69, 9.17) is 20.8 Å². The molecule has 2 aromatic carbocycles. The highest BCUT2D eigenvalue weighted by molar-refractivity contribution is 7.99. The number of sulfonamides is 1. The van der Waals surface area contributed by atoms with Crippen molar-refractivity contribution in [3.8, 4) is 11.5 Å². The van der Waals surface area contributed by atoms with E-state index in [9.17, 15) is 13.2 Å². The van der Waals surface area contributed by atoms with E-state index in [2.05, 4.69) is 15.5 Å². The third-order valence-corrected chi connectivity index (χ3v) is 7.52. The number of hydrogen-bond acceptors (Lipinski definition) is 8. The molecule has 0 spiro atoms. The molecule has 12 heteroatoms. The van der Waals surface area contributed by atoms with Gasteiger partial charge in [0.1, 0.15) is 0 Å². The molecule has 0 saturated carbocycles. The number of rotatable bonds is 7. The first-order valence-corrected chi connectivity index (χ1v) is 12.4. The number of aromatic nitrogens is 2. The molecule has 32 heavy (non-hydrogen) atoms. The Morgan fingerprint density at radius 3 is 2.62 bits per heavy atom. The van der Waals surface area contributed by atoms with Crippen LogP contribution in [0.5, 0.6) is 0 Å². The number of anilines is 1. The van der Waals surface area contributed by atoms with Crippen LogP contribution in [0, 0.1) is 0 Å². The Kier molecular flexibility index (Phi) is 7.11. The van der Waals surface area contributed by atoms with Crippen LogP contribution < -0.4 is 5.32 Å². The number of hydrogen-bond donors (Lipinski definition) is 1. The second-order valence-corrected chi connectivity index (χ2v) is 10.1. The number of morpholine rings is 1. The number of halogens is 1. The van der Waals surface area contributed by atoms with Gasteiger partial charge in [-0.05, 0) is 42.5 Å². The Balaban J connectivity index is 1.35. The van der Waals surface area contributed by atoms with Crippen molar-refractivity contribution in [2.45, 2.75) is 10.1 Å². The van der Waals surface area contributed by atoms with Gasteiger partial charge in [0.2, 0.25) is 21.8 Å². The maximum absolute atomic E-state index is 12.8. The van der Waals surface area contributed by atoms with Gasteiger partial charge in [0.25, 0.3) is 5.22 Å². The molecule has 0 atom stereocenters. The van der Waals surface area contributed by atoms with E-state index in [0.717, 1.165) is 17.3 Å². The standard InChI is InChI=1S/C20H19ClN4O5S2/c21-15-6-4-14(5-7-15)19-23-24-20(30-19)31-13-18(26)22-16-2-1-3-17(12-16)32(27,28)25-8-10-29-11-9-25/h1-7,12H,8-11,13H2,(H,22,26). The van der Waals surface area contributed by atoms with Gasteiger partial charge < -0.3 is 14.5 Å². The lowest BCUT2D eigenvalue weighted by Gasteiger charge is -2.26. The molecule has 1 amide bonds. The minimum Gasteiger partial charge on any atom is -0.411 e. The average molecular weight is 495 g/mol. The molecule has 0 bridgehead atoms. The lowest BCUT2D eigenvalue weighted by atomic mass is 10.2. The number of thioether (sulfide) groups is 1. The summed E-state index contributed by atoms with van der Waals surface area (Å²) in [5.41, 5.74) is 1.11. The van der Waals surface area contributed by atoms with Crippen LogP contribution in [0.2, 0.25) is 5.02 Å². The van der Waals surface area contributed by atoms with E-state index in [0.29, 0.717) is 42.9 Å². The summed E-state index contributed by atoms with van der Waals surface area (Å²) in [6.07, 6.45) is 0. The van der Waals surface area contributed by atoms with Crippen LogP contribution in [0.15, 0.2) is 63.1 Å². The minimum atomic E-state index is -3.65. The highest BCUT2D eigenvalue weighted by atomic mass is 35.5. The molecule has 1 N–H and O–H groups in total. The van der Waals surface area contributed by atoms with Crippen LogP contribution in [0.1, 0.15) is 0 Å². The van der Waals surface area contributed by atoms with Crippen LogP contribution in [0.4, 0.5) is 5.69 Å². The van der Waals surface area contributed by atoms with E-state index >= 15 is 0 Å². The van der Waals surface area contributed by atoms with Gasteiger partial charge in [-0.2, -0.15) is 4.31 Å². The van der Waals surface area contributed by atoms with Gasteiger partial charge in [0.05, 0.1) is 23.9 Å². The summed E-state index contributed by atoms with van der Waals surface area (Å²) in [5, 5.41) is 11.4. The fraction of sp³-hybridized carbons (Fsp3) is 0.250. The largest absolute Gasteiger partial charge is 0.411 e. The van der Waals surface area contributed by atoms with E-state index in [1.54, 1.807) is 36.4 Å². The van der Waals surface area contributed by atoms with Gasteiger partial charge in [-0.15, -0.1) is 10.2 Å². The Labute approximate surface area is 194 Å². The summed E-state index contributed by atoms with van der Waals surface area (Å²) < 4.78 is 37.7. The maximum atomic E-state index is 12.8. The fourth-order valence-corrected chi connectivity index (χ4v) is 5.12. The first-order chi connectivity index (χ1) is 15.4. The smallest absolute Gasteiger partial charge is 0.277 e. The van der Waals surface area contributed by atoms with Gasteiger partial charge >= 0.3 is 0 Å². The number of carbonyl (C=O) groups is 1. The summed E-state index contributed by atoms with van der Waals surface area (Å²) >= 11 is 6.95. The van der Waals surface area contributed by atoms with Gasteiger partial charge in [0.15, 0.2) is 0 Å². The molecule has 0 unspecified atom stereocenters.